The molecule has 1 amide bonds. The third-order valence-corrected chi connectivity index (χ3v) is 6.77. The van der Waals surface area contributed by atoms with E-state index in [4.69, 9.17) is 4.42 Å². The van der Waals surface area contributed by atoms with Crippen LogP contribution < -0.4 is 10.2 Å². The highest BCUT2D eigenvalue weighted by atomic mass is 16.4. The number of anilines is 2. The molecule has 184 valence electrons. The smallest absolute Gasteiger partial charge is 0.255 e. The van der Waals surface area contributed by atoms with E-state index in [0.717, 1.165) is 54.1 Å². The van der Waals surface area contributed by atoms with E-state index in [0.29, 0.717) is 17.3 Å². The molecule has 0 spiro atoms. The summed E-state index contributed by atoms with van der Waals surface area (Å²) in [6, 6.07) is 19.9. The lowest BCUT2D eigenvalue weighted by atomic mass is 9.97. The second kappa shape index (κ2) is 9.95. The van der Waals surface area contributed by atoms with Gasteiger partial charge in [0.05, 0.1) is 0 Å². The van der Waals surface area contributed by atoms with E-state index in [1.807, 2.05) is 48.5 Å². The van der Waals surface area contributed by atoms with Gasteiger partial charge in [-0.2, -0.15) is 0 Å². The maximum atomic E-state index is 13.0. The molecular weight excluding hydrogens is 450 g/mol. The van der Waals surface area contributed by atoms with E-state index >= 15 is 0 Å². The Morgan fingerprint density at radius 1 is 0.833 bits per heavy atom. The molecule has 0 unspecified atom stereocenters. The fraction of sp³-hybridized carbons (Fsp3) is 0.276. The topological polar surface area (TPSA) is 74.5 Å². The van der Waals surface area contributed by atoms with Crippen molar-refractivity contribution in [3.8, 4) is 22.6 Å². The molecule has 0 radical (unpaired) electrons. The van der Waals surface area contributed by atoms with Crippen molar-refractivity contribution < 1.29 is 9.21 Å². The first-order valence-corrected chi connectivity index (χ1v) is 12.2. The summed E-state index contributed by atoms with van der Waals surface area (Å²) < 4.78 is 5.54. The van der Waals surface area contributed by atoms with Gasteiger partial charge in [0.15, 0.2) is 0 Å². The summed E-state index contributed by atoms with van der Waals surface area (Å²) in [7, 11) is 2.15. The maximum Gasteiger partial charge on any atom is 0.255 e. The molecule has 0 atom stereocenters. The predicted molar refractivity (Wildman–Crippen MR) is 143 cm³/mol. The Morgan fingerprint density at radius 3 is 2.22 bits per heavy atom. The molecule has 7 heteroatoms. The summed E-state index contributed by atoms with van der Waals surface area (Å²) in [4.78, 5) is 17.7. The van der Waals surface area contributed by atoms with Crippen molar-refractivity contribution >= 4 is 17.3 Å². The van der Waals surface area contributed by atoms with E-state index in [1.165, 1.54) is 11.3 Å². The lowest BCUT2D eigenvalue weighted by molar-refractivity contribution is 0.102. The van der Waals surface area contributed by atoms with Crippen molar-refractivity contribution in [2.75, 3.05) is 43.4 Å². The van der Waals surface area contributed by atoms with Crippen molar-refractivity contribution in [3.63, 3.8) is 0 Å². The average molecular weight is 482 g/mol. The zero-order chi connectivity index (χ0) is 25.2. The fourth-order valence-corrected chi connectivity index (χ4v) is 4.61. The van der Waals surface area contributed by atoms with Gasteiger partial charge in [-0.3, -0.25) is 4.79 Å². The van der Waals surface area contributed by atoms with Crippen molar-refractivity contribution in [2.24, 2.45) is 0 Å². The molecule has 2 heterocycles. The highest BCUT2D eigenvalue weighted by molar-refractivity contribution is 6.04. The molecule has 1 aliphatic heterocycles. The number of aromatic nitrogens is 2. The molecule has 5 rings (SSSR count). The molecule has 1 aromatic heterocycles. The molecule has 3 aromatic carbocycles. The van der Waals surface area contributed by atoms with Crippen molar-refractivity contribution in [1.82, 2.24) is 15.1 Å². The first kappa shape index (κ1) is 23.8. The van der Waals surface area contributed by atoms with Gasteiger partial charge in [-0.1, -0.05) is 24.3 Å². The Labute approximate surface area is 211 Å². The normalized spacial score (nSPS) is 14.2. The first-order valence-electron chi connectivity index (χ1n) is 12.2. The van der Waals surface area contributed by atoms with Gasteiger partial charge in [0, 0.05) is 55.6 Å². The number of hydrogen-bond acceptors (Lipinski definition) is 6. The molecule has 0 aliphatic carbocycles. The van der Waals surface area contributed by atoms with Gasteiger partial charge in [-0.15, -0.1) is 10.2 Å². The third kappa shape index (κ3) is 5.02. The Bertz CT molecular complexity index is 1390. The summed E-state index contributed by atoms with van der Waals surface area (Å²) in [5.41, 5.74) is 7.96. The molecule has 0 bridgehead atoms. The zero-order valence-electron chi connectivity index (χ0n) is 21.2. The van der Waals surface area contributed by atoms with Gasteiger partial charge in [-0.05, 0) is 79.5 Å². The second-order valence-corrected chi connectivity index (χ2v) is 9.48. The minimum Gasteiger partial charge on any atom is -0.421 e. The molecule has 1 aliphatic rings. The van der Waals surface area contributed by atoms with Gasteiger partial charge in [-0.25, -0.2) is 0 Å². The molecule has 1 fully saturated rings. The first-order chi connectivity index (χ1) is 17.4. The summed E-state index contributed by atoms with van der Waals surface area (Å²) in [6.45, 7) is 10.0. The number of carbonyl (C=O) groups excluding carboxylic acids is 1. The zero-order valence-corrected chi connectivity index (χ0v) is 21.2. The van der Waals surface area contributed by atoms with Crippen LogP contribution in [0.15, 0.2) is 65.1 Å². The summed E-state index contributed by atoms with van der Waals surface area (Å²) >= 11 is 0. The Kier molecular flexibility index (Phi) is 6.57. The van der Waals surface area contributed by atoms with Crippen LogP contribution in [0.4, 0.5) is 11.4 Å². The number of aryl methyl sites for hydroxylation is 3. The van der Waals surface area contributed by atoms with Gasteiger partial charge in [0.2, 0.25) is 11.8 Å². The SMILES string of the molecule is Cc1nnc(-c2ccc(-c3ccc(C(=O)Nc4ccc(C)c(N5CCN(C)CC5)c4)cc3)c(C)c2)o1. The molecule has 7 nitrogen and oxygen atoms in total. The molecule has 1 N–H and O–H groups in total. The van der Waals surface area contributed by atoms with Crippen molar-refractivity contribution in [3.05, 3.63) is 83.2 Å². The Morgan fingerprint density at radius 2 is 1.56 bits per heavy atom. The van der Waals surface area contributed by atoms with Gasteiger partial charge >= 0.3 is 0 Å². The predicted octanol–water partition coefficient (Wildman–Crippen LogP) is 5.33. The third-order valence-electron chi connectivity index (χ3n) is 6.77. The number of piperazine rings is 1. The Hall–Kier alpha value is -3.97. The number of likely N-dealkylation sites (N-methyl/N-ethyl adjacent to an activating group) is 1. The van der Waals surface area contributed by atoms with Crippen LogP contribution in [0.5, 0.6) is 0 Å². The van der Waals surface area contributed by atoms with Crippen LogP contribution in [0.1, 0.15) is 27.4 Å². The number of nitrogens with zero attached hydrogens (tertiary/aromatic N) is 4. The maximum absolute atomic E-state index is 13.0. The van der Waals surface area contributed by atoms with Crippen LogP contribution >= 0.6 is 0 Å². The van der Waals surface area contributed by atoms with Crippen molar-refractivity contribution in [2.45, 2.75) is 20.8 Å². The monoisotopic (exact) mass is 481 g/mol. The average Bonchev–Trinajstić information content (AvgIpc) is 3.32. The number of carbonyl (C=O) groups is 1. The van der Waals surface area contributed by atoms with Gasteiger partial charge < -0.3 is 19.5 Å². The highest BCUT2D eigenvalue weighted by Crippen LogP contribution is 2.29. The van der Waals surface area contributed by atoms with E-state index in [-0.39, 0.29) is 5.91 Å². The lowest BCUT2D eigenvalue weighted by Crippen LogP contribution is -2.44. The lowest BCUT2D eigenvalue weighted by Gasteiger charge is -2.35. The Balaban J connectivity index is 1.29. The molecule has 0 saturated carbocycles. The van der Waals surface area contributed by atoms with Crippen LogP contribution in [0.2, 0.25) is 0 Å². The number of rotatable bonds is 5. The van der Waals surface area contributed by atoms with E-state index in [9.17, 15) is 4.79 Å². The minimum atomic E-state index is -0.117. The molecule has 4 aromatic rings. The second-order valence-electron chi connectivity index (χ2n) is 9.48. The molecule has 1 saturated heterocycles. The standard InChI is InChI=1S/C29H31N5O2/c1-19-5-11-25(18-27(19)34-15-13-33(4)14-16-34)30-28(35)23-8-6-22(7-9-23)26-12-10-24(17-20(26)2)29-32-31-21(3)36-29/h5-12,17-18H,13-16H2,1-4H3,(H,30,35). The van der Waals surface area contributed by atoms with Gasteiger partial charge in [0.1, 0.15) is 0 Å². The molecule has 36 heavy (non-hydrogen) atoms. The summed E-state index contributed by atoms with van der Waals surface area (Å²) in [5.74, 6) is 0.941. The van der Waals surface area contributed by atoms with Gasteiger partial charge in [0.25, 0.3) is 5.91 Å². The quantitative estimate of drug-likeness (QED) is 0.415. The van der Waals surface area contributed by atoms with E-state index in [1.54, 1.807) is 6.92 Å². The van der Waals surface area contributed by atoms with Crippen LogP contribution in [-0.2, 0) is 0 Å². The molecular formula is C29H31N5O2. The highest BCUT2D eigenvalue weighted by Gasteiger charge is 2.17. The van der Waals surface area contributed by atoms with E-state index in [2.05, 4.69) is 58.3 Å². The fourth-order valence-electron chi connectivity index (χ4n) is 4.61. The largest absolute Gasteiger partial charge is 0.421 e. The van der Waals surface area contributed by atoms with Crippen LogP contribution in [-0.4, -0.2) is 54.2 Å². The number of nitrogens with one attached hydrogen (secondary N) is 1. The van der Waals surface area contributed by atoms with Crippen LogP contribution in [0, 0.1) is 20.8 Å². The summed E-state index contributed by atoms with van der Waals surface area (Å²) in [5, 5.41) is 11.1. The minimum absolute atomic E-state index is 0.117. The number of benzene rings is 3. The van der Waals surface area contributed by atoms with Crippen molar-refractivity contribution in [1.29, 1.82) is 0 Å². The summed E-state index contributed by atoms with van der Waals surface area (Å²) in [6.07, 6.45) is 0. The number of hydrogen-bond donors (Lipinski definition) is 1. The van der Waals surface area contributed by atoms with Crippen LogP contribution in [0.3, 0.4) is 0 Å². The van der Waals surface area contributed by atoms with Crippen LogP contribution in [0.25, 0.3) is 22.6 Å². The van der Waals surface area contributed by atoms with E-state index < -0.39 is 0 Å². The number of amides is 1.